The maximum absolute atomic E-state index is 5.46. The van der Waals surface area contributed by atoms with Crippen molar-refractivity contribution in [3.05, 3.63) is 40.9 Å². The van der Waals surface area contributed by atoms with Crippen molar-refractivity contribution >= 4 is 26.8 Å². The molecule has 2 aromatic carbocycles. The predicted octanol–water partition coefficient (Wildman–Crippen LogP) is 4.01. The Kier molecular flexibility index (Phi) is 3.36. The van der Waals surface area contributed by atoms with Crippen LogP contribution in [0.3, 0.4) is 0 Å². The predicted molar refractivity (Wildman–Crippen MR) is 82.3 cm³/mol. The van der Waals surface area contributed by atoms with E-state index in [1.54, 1.807) is 14.2 Å². The van der Waals surface area contributed by atoms with Gasteiger partial charge in [-0.2, -0.15) is 5.10 Å². The summed E-state index contributed by atoms with van der Waals surface area (Å²) in [5, 5.41) is 8.39. The van der Waals surface area contributed by atoms with Crippen LogP contribution in [0.2, 0.25) is 0 Å². The third-order valence-electron chi connectivity index (χ3n) is 3.17. The van der Waals surface area contributed by atoms with Gasteiger partial charge < -0.3 is 9.47 Å². The van der Waals surface area contributed by atoms with E-state index < -0.39 is 0 Å². The van der Waals surface area contributed by atoms with Crippen LogP contribution in [-0.4, -0.2) is 24.4 Å². The van der Waals surface area contributed by atoms with Crippen LogP contribution in [-0.2, 0) is 0 Å². The summed E-state index contributed by atoms with van der Waals surface area (Å²) >= 11 is 3.44. The SMILES string of the molecule is COc1cc(OC)c2c(-c3ccc(Br)cc3)n[nH]c2c1. The molecule has 102 valence electrons. The van der Waals surface area contributed by atoms with E-state index in [0.29, 0.717) is 0 Å². The molecular formula is C15H13BrN2O2. The van der Waals surface area contributed by atoms with E-state index in [4.69, 9.17) is 9.47 Å². The van der Waals surface area contributed by atoms with Crippen LogP contribution in [0.1, 0.15) is 0 Å². The molecule has 1 heterocycles. The number of aromatic nitrogens is 2. The molecule has 0 amide bonds. The van der Waals surface area contributed by atoms with Crippen LogP contribution in [0.5, 0.6) is 11.5 Å². The van der Waals surface area contributed by atoms with Gasteiger partial charge in [-0.1, -0.05) is 28.1 Å². The Balaban J connectivity index is 2.24. The number of aromatic amines is 1. The number of methoxy groups -OCH3 is 2. The molecule has 0 fully saturated rings. The van der Waals surface area contributed by atoms with Gasteiger partial charge in [-0.25, -0.2) is 0 Å². The van der Waals surface area contributed by atoms with Crippen molar-refractivity contribution in [2.75, 3.05) is 14.2 Å². The zero-order valence-corrected chi connectivity index (χ0v) is 12.7. The Hall–Kier alpha value is -2.01. The Bertz CT molecular complexity index is 750. The molecule has 5 heteroatoms. The number of hydrogen-bond acceptors (Lipinski definition) is 3. The van der Waals surface area contributed by atoms with E-state index >= 15 is 0 Å². The summed E-state index contributed by atoms with van der Waals surface area (Å²) in [6.45, 7) is 0. The summed E-state index contributed by atoms with van der Waals surface area (Å²) in [6.07, 6.45) is 0. The second-order valence-corrected chi connectivity index (χ2v) is 5.25. The lowest BCUT2D eigenvalue weighted by Gasteiger charge is -2.07. The Morgan fingerprint density at radius 3 is 2.45 bits per heavy atom. The van der Waals surface area contributed by atoms with Crippen molar-refractivity contribution in [3.63, 3.8) is 0 Å². The maximum Gasteiger partial charge on any atom is 0.134 e. The first-order valence-corrected chi connectivity index (χ1v) is 6.88. The van der Waals surface area contributed by atoms with Gasteiger partial charge in [0.2, 0.25) is 0 Å². The number of benzene rings is 2. The number of nitrogens with zero attached hydrogens (tertiary/aromatic N) is 1. The molecule has 0 atom stereocenters. The van der Waals surface area contributed by atoms with Crippen molar-refractivity contribution in [1.82, 2.24) is 10.2 Å². The number of halogens is 1. The van der Waals surface area contributed by atoms with Crippen LogP contribution in [0.25, 0.3) is 22.2 Å². The van der Waals surface area contributed by atoms with E-state index in [1.165, 1.54) is 0 Å². The summed E-state index contributed by atoms with van der Waals surface area (Å²) in [4.78, 5) is 0. The summed E-state index contributed by atoms with van der Waals surface area (Å²) in [5.74, 6) is 1.48. The van der Waals surface area contributed by atoms with Crippen molar-refractivity contribution in [2.45, 2.75) is 0 Å². The highest BCUT2D eigenvalue weighted by atomic mass is 79.9. The molecule has 3 rings (SSSR count). The monoisotopic (exact) mass is 332 g/mol. The molecule has 0 aliphatic heterocycles. The van der Waals surface area contributed by atoms with Gasteiger partial charge in [0.1, 0.15) is 17.2 Å². The fraction of sp³-hybridized carbons (Fsp3) is 0.133. The van der Waals surface area contributed by atoms with E-state index in [1.807, 2.05) is 36.4 Å². The van der Waals surface area contributed by atoms with E-state index in [-0.39, 0.29) is 0 Å². The molecular weight excluding hydrogens is 320 g/mol. The quantitative estimate of drug-likeness (QED) is 0.788. The fourth-order valence-electron chi connectivity index (χ4n) is 2.19. The lowest BCUT2D eigenvalue weighted by molar-refractivity contribution is 0.398. The van der Waals surface area contributed by atoms with Crippen LogP contribution in [0.15, 0.2) is 40.9 Å². The van der Waals surface area contributed by atoms with Gasteiger partial charge in [-0.15, -0.1) is 0 Å². The topological polar surface area (TPSA) is 47.1 Å². The number of hydrogen-bond donors (Lipinski definition) is 1. The van der Waals surface area contributed by atoms with E-state index in [0.717, 1.165) is 38.1 Å². The molecule has 1 N–H and O–H groups in total. The van der Waals surface area contributed by atoms with Gasteiger partial charge in [-0.05, 0) is 12.1 Å². The third kappa shape index (κ3) is 2.14. The normalized spacial score (nSPS) is 10.8. The number of nitrogens with one attached hydrogen (secondary N) is 1. The molecule has 0 bridgehead atoms. The minimum absolute atomic E-state index is 0.736. The Labute approximate surface area is 124 Å². The molecule has 0 radical (unpaired) electrons. The summed E-state index contributed by atoms with van der Waals surface area (Å²) < 4.78 is 11.8. The van der Waals surface area contributed by atoms with Gasteiger partial charge in [0.25, 0.3) is 0 Å². The molecule has 1 aromatic heterocycles. The van der Waals surface area contributed by atoms with Crippen molar-refractivity contribution in [1.29, 1.82) is 0 Å². The van der Waals surface area contributed by atoms with E-state index in [9.17, 15) is 0 Å². The van der Waals surface area contributed by atoms with Crippen LogP contribution < -0.4 is 9.47 Å². The highest BCUT2D eigenvalue weighted by molar-refractivity contribution is 9.10. The van der Waals surface area contributed by atoms with Gasteiger partial charge in [0, 0.05) is 22.2 Å². The number of H-pyrrole nitrogens is 1. The molecule has 0 aliphatic rings. The average molecular weight is 333 g/mol. The fourth-order valence-corrected chi connectivity index (χ4v) is 2.45. The second kappa shape index (κ2) is 5.17. The third-order valence-corrected chi connectivity index (χ3v) is 3.70. The zero-order valence-electron chi connectivity index (χ0n) is 11.1. The maximum atomic E-state index is 5.46. The van der Waals surface area contributed by atoms with Crippen LogP contribution >= 0.6 is 15.9 Å². The van der Waals surface area contributed by atoms with Gasteiger partial charge >= 0.3 is 0 Å². The summed E-state index contributed by atoms with van der Waals surface area (Å²) in [7, 11) is 3.28. The first kappa shape index (κ1) is 13.0. The first-order chi connectivity index (χ1) is 9.72. The molecule has 3 aromatic rings. The smallest absolute Gasteiger partial charge is 0.134 e. The largest absolute Gasteiger partial charge is 0.497 e. The minimum Gasteiger partial charge on any atom is -0.497 e. The van der Waals surface area contributed by atoms with E-state index in [2.05, 4.69) is 26.1 Å². The average Bonchev–Trinajstić information content (AvgIpc) is 2.91. The Morgan fingerprint density at radius 2 is 1.80 bits per heavy atom. The molecule has 0 aliphatic carbocycles. The van der Waals surface area contributed by atoms with Gasteiger partial charge in [-0.3, -0.25) is 5.10 Å². The molecule has 0 unspecified atom stereocenters. The molecule has 0 saturated heterocycles. The number of ether oxygens (including phenoxy) is 2. The summed E-state index contributed by atoms with van der Waals surface area (Å²) in [6, 6.07) is 11.8. The van der Waals surface area contributed by atoms with Crippen molar-refractivity contribution in [3.8, 4) is 22.8 Å². The summed E-state index contributed by atoms with van der Waals surface area (Å²) in [5.41, 5.74) is 2.79. The van der Waals surface area contributed by atoms with Crippen LogP contribution in [0.4, 0.5) is 0 Å². The second-order valence-electron chi connectivity index (χ2n) is 4.33. The molecule has 0 spiro atoms. The standard InChI is InChI=1S/C15H13BrN2O2/c1-19-11-7-12-14(13(8-11)20-2)15(18-17-12)9-3-5-10(16)6-4-9/h3-8H,1-2H3,(H,17,18). The van der Waals surface area contributed by atoms with Crippen molar-refractivity contribution < 1.29 is 9.47 Å². The highest BCUT2D eigenvalue weighted by Gasteiger charge is 2.14. The van der Waals surface area contributed by atoms with Gasteiger partial charge in [0.15, 0.2) is 0 Å². The number of fused-ring (bicyclic) bond motifs is 1. The number of rotatable bonds is 3. The van der Waals surface area contributed by atoms with Crippen molar-refractivity contribution in [2.24, 2.45) is 0 Å². The van der Waals surface area contributed by atoms with Gasteiger partial charge in [0.05, 0.1) is 25.1 Å². The molecule has 0 saturated carbocycles. The lowest BCUT2D eigenvalue weighted by Crippen LogP contribution is -1.88. The van der Waals surface area contributed by atoms with Crippen LogP contribution in [0, 0.1) is 0 Å². The minimum atomic E-state index is 0.736. The molecule has 20 heavy (non-hydrogen) atoms. The molecule has 4 nitrogen and oxygen atoms in total. The lowest BCUT2D eigenvalue weighted by atomic mass is 10.1. The Morgan fingerprint density at radius 1 is 1.05 bits per heavy atom. The highest BCUT2D eigenvalue weighted by Crippen LogP contribution is 2.36. The first-order valence-electron chi connectivity index (χ1n) is 6.09. The zero-order chi connectivity index (χ0) is 14.1.